The second-order valence-corrected chi connectivity index (χ2v) is 5.33. The topological polar surface area (TPSA) is 101 Å². The van der Waals surface area contributed by atoms with E-state index in [2.05, 4.69) is 19.9 Å². The Labute approximate surface area is 125 Å². The fraction of sp³-hybridized carbons (Fsp3) is 0.769. The lowest BCUT2D eigenvalue weighted by Crippen LogP contribution is -2.35. The minimum absolute atomic E-state index is 0.202. The Morgan fingerprint density at radius 1 is 1.29 bits per heavy atom. The van der Waals surface area contributed by atoms with E-state index in [9.17, 15) is 5.11 Å². The average molecular weight is 296 g/mol. The highest BCUT2D eigenvalue weighted by molar-refractivity contribution is 5.43. The standard InChI is InChI=1S/C13H24N6O2/c1-18(8-10(20)9-21-2)12-15-11(14)16-13(17-12)19-6-4-3-5-7-19/h10,20H,3-9H2,1-2H3,(H2,14,15,16,17). The van der Waals surface area contributed by atoms with Crippen molar-refractivity contribution in [3.8, 4) is 0 Å². The fourth-order valence-corrected chi connectivity index (χ4v) is 2.42. The zero-order chi connectivity index (χ0) is 15.2. The van der Waals surface area contributed by atoms with Gasteiger partial charge >= 0.3 is 0 Å². The van der Waals surface area contributed by atoms with Crippen molar-refractivity contribution in [3.63, 3.8) is 0 Å². The van der Waals surface area contributed by atoms with Crippen LogP contribution in [0.15, 0.2) is 0 Å². The Kier molecular flexibility index (Phi) is 5.51. The largest absolute Gasteiger partial charge is 0.389 e. The minimum atomic E-state index is -0.601. The van der Waals surface area contributed by atoms with Gasteiger partial charge in [0.1, 0.15) is 0 Å². The highest BCUT2D eigenvalue weighted by Gasteiger charge is 2.18. The van der Waals surface area contributed by atoms with Gasteiger partial charge in [-0.05, 0) is 19.3 Å². The summed E-state index contributed by atoms with van der Waals surface area (Å²) in [6.07, 6.45) is 2.93. The van der Waals surface area contributed by atoms with Crippen molar-refractivity contribution in [1.82, 2.24) is 15.0 Å². The summed E-state index contributed by atoms with van der Waals surface area (Å²) in [6, 6.07) is 0. The minimum Gasteiger partial charge on any atom is -0.389 e. The number of piperidine rings is 1. The Bertz CT molecular complexity index is 452. The van der Waals surface area contributed by atoms with E-state index in [1.165, 1.54) is 6.42 Å². The molecule has 1 aromatic rings. The van der Waals surface area contributed by atoms with E-state index in [4.69, 9.17) is 10.5 Å². The molecule has 2 heterocycles. The number of anilines is 3. The highest BCUT2D eigenvalue weighted by atomic mass is 16.5. The molecule has 8 heteroatoms. The quantitative estimate of drug-likeness (QED) is 0.750. The van der Waals surface area contributed by atoms with Crippen LogP contribution in [0.1, 0.15) is 19.3 Å². The SMILES string of the molecule is COCC(O)CN(C)c1nc(N)nc(N2CCCCC2)n1. The van der Waals surface area contributed by atoms with Gasteiger partial charge in [0.15, 0.2) is 0 Å². The van der Waals surface area contributed by atoms with E-state index in [1.807, 2.05) is 7.05 Å². The molecule has 1 aliphatic rings. The van der Waals surface area contributed by atoms with E-state index in [0.717, 1.165) is 25.9 Å². The van der Waals surface area contributed by atoms with Gasteiger partial charge in [0.25, 0.3) is 0 Å². The molecule has 0 radical (unpaired) electrons. The molecule has 2 rings (SSSR count). The van der Waals surface area contributed by atoms with Gasteiger partial charge in [-0.3, -0.25) is 0 Å². The van der Waals surface area contributed by atoms with Crippen molar-refractivity contribution in [1.29, 1.82) is 0 Å². The van der Waals surface area contributed by atoms with Gasteiger partial charge in [-0.2, -0.15) is 15.0 Å². The third-order valence-electron chi connectivity index (χ3n) is 3.45. The molecule has 21 heavy (non-hydrogen) atoms. The first-order valence-corrected chi connectivity index (χ1v) is 7.25. The summed E-state index contributed by atoms with van der Waals surface area (Å²) in [4.78, 5) is 16.7. The molecular formula is C13H24N6O2. The van der Waals surface area contributed by atoms with Gasteiger partial charge in [-0.25, -0.2) is 0 Å². The summed E-state index contributed by atoms with van der Waals surface area (Å²) in [5, 5.41) is 9.79. The predicted octanol–water partition coefficient (Wildman–Crippen LogP) is -0.112. The molecule has 0 saturated carbocycles. The second-order valence-electron chi connectivity index (χ2n) is 5.33. The van der Waals surface area contributed by atoms with Crippen LogP contribution in [0.5, 0.6) is 0 Å². The number of nitrogens with two attached hydrogens (primary N) is 1. The maximum atomic E-state index is 9.79. The normalized spacial score (nSPS) is 16.8. The first-order chi connectivity index (χ1) is 10.1. The van der Waals surface area contributed by atoms with Crippen molar-refractivity contribution in [2.24, 2.45) is 0 Å². The van der Waals surface area contributed by atoms with E-state index in [-0.39, 0.29) is 12.6 Å². The summed E-state index contributed by atoms with van der Waals surface area (Å²) < 4.78 is 4.92. The van der Waals surface area contributed by atoms with Gasteiger partial charge in [-0.1, -0.05) is 0 Å². The number of methoxy groups -OCH3 is 1. The zero-order valence-corrected chi connectivity index (χ0v) is 12.7. The number of rotatable bonds is 6. The van der Waals surface area contributed by atoms with Gasteiger partial charge < -0.3 is 25.4 Å². The fourth-order valence-electron chi connectivity index (χ4n) is 2.42. The zero-order valence-electron chi connectivity index (χ0n) is 12.7. The van der Waals surface area contributed by atoms with Crippen LogP contribution in [-0.4, -0.2) is 66.6 Å². The number of hydrogen-bond donors (Lipinski definition) is 2. The second kappa shape index (κ2) is 7.37. The average Bonchev–Trinajstić information content (AvgIpc) is 2.47. The number of nitrogens with zero attached hydrogens (tertiary/aromatic N) is 5. The molecular weight excluding hydrogens is 272 g/mol. The molecule has 0 aromatic carbocycles. The van der Waals surface area contributed by atoms with Gasteiger partial charge in [-0.15, -0.1) is 0 Å². The summed E-state index contributed by atoms with van der Waals surface area (Å²) in [6.45, 7) is 2.53. The molecule has 3 N–H and O–H groups in total. The molecule has 1 saturated heterocycles. The number of aromatic nitrogens is 3. The predicted molar refractivity (Wildman–Crippen MR) is 81.5 cm³/mol. The lowest BCUT2D eigenvalue weighted by Gasteiger charge is -2.28. The summed E-state index contributed by atoms with van der Waals surface area (Å²) in [7, 11) is 3.37. The molecule has 118 valence electrons. The van der Waals surface area contributed by atoms with E-state index in [0.29, 0.717) is 18.4 Å². The summed E-state index contributed by atoms with van der Waals surface area (Å²) in [5.41, 5.74) is 5.79. The first-order valence-electron chi connectivity index (χ1n) is 7.25. The van der Waals surface area contributed by atoms with Crippen LogP contribution in [0.4, 0.5) is 17.8 Å². The molecule has 1 aromatic heterocycles. The van der Waals surface area contributed by atoms with Crippen LogP contribution in [0.2, 0.25) is 0 Å². The van der Waals surface area contributed by atoms with Crippen LogP contribution >= 0.6 is 0 Å². The van der Waals surface area contributed by atoms with Crippen LogP contribution < -0.4 is 15.5 Å². The maximum absolute atomic E-state index is 9.79. The van der Waals surface area contributed by atoms with Gasteiger partial charge in [0.05, 0.1) is 12.7 Å². The summed E-state index contributed by atoms with van der Waals surface area (Å²) in [5.74, 6) is 1.29. The Hall–Kier alpha value is -1.67. The van der Waals surface area contributed by atoms with Crippen LogP contribution in [-0.2, 0) is 4.74 Å². The van der Waals surface area contributed by atoms with Crippen molar-refractivity contribution < 1.29 is 9.84 Å². The maximum Gasteiger partial charge on any atom is 0.231 e. The van der Waals surface area contributed by atoms with Crippen LogP contribution in [0.3, 0.4) is 0 Å². The molecule has 1 unspecified atom stereocenters. The lowest BCUT2D eigenvalue weighted by molar-refractivity contribution is 0.0693. The smallest absolute Gasteiger partial charge is 0.231 e. The number of hydrogen-bond acceptors (Lipinski definition) is 8. The number of aliphatic hydroxyl groups is 1. The number of aliphatic hydroxyl groups excluding tert-OH is 1. The van der Waals surface area contributed by atoms with Crippen molar-refractivity contribution in [2.45, 2.75) is 25.4 Å². The molecule has 0 spiro atoms. The molecule has 8 nitrogen and oxygen atoms in total. The van der Waals surface area contributed by atoms with E-state index in [1.54, 1.807) is 12.0 Å². The Morgan fingerprint density at radius 2 is 2.00 bits per heavy atom. The van der Waals surface area contributed by atoms with Gasteiger partial charge in [0, 0.05) is 33.8 Å². The molecule has 0 bridgehead atoms. The summed E-state index contributed by atoms with van der Waals surface area (Å²) >= 11 is 0. The van der Waals surface area contributed by atoms with Crippen LogP contribution in [0, 0.1) is 0 Å². The monoisotopic (exact) mass is 296 g/mol. The van der Waals surface area contributed by atoms with Crippen molar-refractivity contribution in [2.75, 3.05) is 55.9 Å². The molecule has 0 aliphatic carbocycles. The van der Waals surface area contributed by atoms with Crippen LogP contribution in [0.25, 0.3) is 0 Å². The number of ether oxygens (including phenoxy) is 1. The number of nitrogen functional groups attached to an aromatic ring is 1. The van der Waals surface area contributed by atoms with E-state index >= 15 is 0 Å². The van der Waals surface area contributed by atoms with Gasteiger partial charge in [0.2, 0.25) is 17.8 Å². The molecule has 1 fully saturated rings. The van der Waals surface area contributed by atoms with E-state index < -0.39 is 6.10 Å². The van der Waals surface area contributed by atoms with Crippen molar-refractivity contribution in [3.05, 3.63) is 0 Å². The third kappa shape index (κ3) is 4.40. The Balaban J connectivity index is 2.10. The lowest BCUT2D eigenvalue weighted by atomic mass is 10.1. The highest BCUT2D eigenvalue weighted by Crippen LogP contribution is 2.18. The Morgan fingerprint density at radius 3 is 2.67 bits per heavy atom. The van der Waals surface area contributed by atoms with Crippen molar-refractivity contribution >= 4 is 17.8 Å². The molecule has 0 amide bonds. The third-order valence-corrected chi connectivity index (χ3v) is 3.45. The molecule has 1 atom stereocenters. The number of likely N-dealkylation sites (N-methyl/N-ethyl adjacent to an activating group) is 1. The first kappa shape index (κ1) is 15.7. The molecule has 1 aliphatic heterocycles.